The molecular weight excluding hydrogens is 142 g/mol. The van der Waals surface area contributed by atoms with Gasteiger partial charge in [-0.3, -0.25) is 0 Å². The molecular formula is C7H13N3O. The number of H-pyrrole nitrogens is 1. The van der Waals surface area contributed by atoms with E-state index < -0.39 is 0 Å². The van der Waals surface area contributed by atoms with E-state index in [1.807, 2.05) is 0 Å². The Balaban J connectivity index is 2.44. The van der Waals surface area contributed by atoms with Gasteiger partial charge in [0.1, 0.15) is 5.82 Å². The van der Waals surface area contributed by atoms with Crippen molar-refractivity contribution in [3.63, 3.8) is 0 Å². The van der Waals surface area contributed by atoms with Crippen molar-refractivity contribution in [2.24, 2.45) is 5.73 Å². The summed E-state index contributed by atoms with van der Waals surface area (Å²) in [5.74, 6) is 0.937. The van der Waals surface area contributed by atoms with E-state index in [2.05, 4.69) is 9.97 Å². The van der Waals surface area contributed by atoms with Crippen LogP contribution in [0.15, 0.2) is 6.20 Å². The van der Waals surface area contributed by atoms with Gasteiger partial charge in [-0.2, -0.15) is 0 Å². The molecule has 0 aromatic carbocycles. The molecule has 0 aliphatic carbocycles. The summed E-state index contributed by atoms with van der Waals surface area (Å²) in [5.41, 5.74) is 6.36. The van der Waals surface area contributed by atoms with Crippen molar-refractivity contribution in [3.05, 3.63) is 17.7 Å². The van der Waals surface area contributed by atoms with E-state index in [1.54, 1.807) is 13.3 Å². The van der Waals surface area contributed by atoms with E-state index in [4.69, 9.17) is 10.5 Å². The SMILES string of the molecule is COCCc1ncc(CN)[nH]1. The lowest BCUT2D eigenvalue weighted by molar-refractivity contribution is 0.200. The minimum absolute atomic E-state index is 0.514. The molecule has 3 N–H and O–H groups in total. The average Bonchev–Trinajstić information content (AvgIpc) is 2.48. The summed E-state index contributed by atoms with van der Waals surface area (Å²) in [6.07, 6.45) is 2.57. The molecule has 0 aliphatic rings. The molecule has 62 valence electrons. The number of nitrogens with zero attached hydrogens (tertiary/aromatic N) is 1. The molecule has 0 amide bonds. The van der Waals surface area contributed by atoms with Crippen molar-refractivity contribution in [2.75, 3.05) is 13.7 Å². The van der Waals surface area contributed by atoms with Crippen molar-refractivity contribution < 1.29 is 4.74 Å². The summed E-state index contributed by atoms with van der Waals surface area (Å²) in [6, 6.07) is 0. The van der Waals surface area contributed by atoms with Gasteiger partial charge in [-0.05, 0) is 0 Å². The Kier molecular flexibility index (Phi) is 3.07. The lowest BCUT2D eigenvalue weighted by Crippen LogP contribution is -1.98. The third kappa shape index (κ3) is 2.32. The Morgan fingerprint density at radius 2 is 2.55 bits per heavy atom. The fourth-order valence-electron chi connectivity index (χ4n) is 0.835. The lowest BCUT2D eigenvalue weighted by Gasteiger charge is -1.93. The molecule has 1 heterocycles. The Morgan fingerprint density at radius 1 is 1.73 bits per heavy atom. The number of aromatic amines is 1. The Morgan fingerprint density at radius 3 is 3.09 bits per heavy atom. The van der Waals surface area contributed by atoms with Crippen molar-refractivity contribution in [1.82, 2.24) is 9.97 Å². The van der Waals surface area contributed by atoms with Gasteiger partial charge in [-0.15, -0.1) is 0 Å². The average molecular weight is 155 g/mol. The number of imidazole rings is 1. The number of nitrogens with two attached hydrogens (primary N) is 1. The highest BCUT2D eigenvalue weighted by atomic mass is 16.5. The maximum atomic E-state index is 5.39. The monoisotopic (exact) mass is 155 g/mol. The standard InChI is InChI=1S/C7H13N3O/c1-11-3-2-7-9-5-6(4-8)10-7/h5H,2-4,8H2,1H3,(H,9,10). The lowest BCUT2D eigenvalue weighted by atomic mass is 10.4. The van der Waals surface area contributed by atoms with Gasteiger partial charge >= 0.3 is 0 Å². The van der Waals surface area contributed by atoms with Gasteiger partial charge in [0, 0.05) is 32.0 Å². The zero-order valence-corrected chi connectivity index (χ0v) is 6.63. The van der Waals surface area contributed by atoms with Gasteiger partial charge in [0.25, 0.3) is 0 Å². The number of ether oxygens (including phenoxy) is 1. The van der Waals surface area contributed by atoms with E-state index in [0.29, 0.717) is 13.2 Å². The molecule has 4 heteroatoms. The maximum Gasteiger partial charge on any atom is 0.108 e. The minimum atomic E-state index is 0.514. The molecule has 0 spiro atoms. The molecule has 0 saturated carbocycles. The van der Waals surface area contributed by atoms with Gasteiger partial charge in [0.05, 0.1) is 6.61 Å². The third-order valence-electron chi connectivity index (χ3n) is 1.44. The number of hydrogen-bond acceptors (Lipinski definition) is 3. The highest BCUT2D eigenvalue weighted by molar-refractivity contribution is 5.00. The van der Waals surface area contributed by atoms with Crippen LogP contribution in [0, 0.1) is 0 Å². The molecule has 0 unspecified atom stereocenters. The maximum absolute atomic E-state index is 5.39. The molecule has 1 aromatic rings. The van der Waals surface area contributed by atoms with Crippen LogP contribution in [0.1, 0.15) is 11.5 Å². The predicted molar refractivity (Wildman–Crippen MR) is 42.1 cm³/mol. The zero-order chi connectivity index (χ0) is 8.10. The first-order valence-electron chi connectivity index (χ1n) is 3.58. The summed E-state index contributed by atoms with van der Waals surface area (Å²) in [7, 11) is 1.67. The van der Waals surface area contributed by atoms with Crippen LogP contribution in [0.3, 0.4) is 0 Å². The molecule has 0 aliphatic heterocycles. The highest BCUT2D eigenvalue weighted by Crippen LogP contribution is 1.96. The molecule has 11 heavy (non-hydrogen) atoms. The van der Waals surface area contributed by atoms with Crippen molar-refractivity contribution in [1.29, 1.82) is 0 Å². The summed E-state index contributed by atoms with van der Waals surface area (Å²) in [6.45, 7) is 1.21. The highest BCUT2D eigenvalue weighted by Gasteiger charge is 1.97. The van der Waals surface area contributed by atoms with Crippen LogP contribution in [0.5, 0.6) is 0 Å². The molecule has 0 fully saturated rings. The van der Waals surface area contributed by atoms with Gasteiger partial charge in [0.2, 0.25) is 0 Å². The fourth-order valence-corrected chi connectivity index (χ4v) is 0.835. The topological polar surface area (TPSA) is 63.9 Å². The van der Waals surface area contributed by atoms with E-state index >= 15 is 0 Å². The first-order valence-corrected chi connectivity index (χ1v) is 3.58. The second-order valence-corrected chi connectivity index (χ2v) is 2.30. The summed E-state index contributed by atoms with van der Waals surface area (Å²) in [5, 5.41) is 0. The molecule has 0 bridgehead atoms. The molecule has 1 aromatic heterocycles. The van der Waals surface area contributed by atoms with Gasteiger partial charge < -0.3 is 15.5 Å². The molecule has 0 saturated heterocycles. The van der Waals surface area contributed by atoms with E-state index in [-0.39, 0.29) is 0 Å². The predicted octanol–water partition coefficient (Wildman–Crippen LogP) is 0.0573. The van der Waals surface area contributed by atoms with Gasteiger partial charge in [-0.1, -0.05) is 0 Å². The van der Waals surface area contributed by atoms with Gasteiger partial charge in [0.15, 0.2) is 0 Å². The Bertz CT molecular complexity index is 209. The van der Waals surface area contributed by atoms with Crippen LogP contribution in [0.2, 0.25) is 0 Å². The Labute approximate surface area is 65.8 Å². The number of nitrogens with one attached hydrogen (secondary N) is 1. The van der Waals surface area contributed by atoms with E-state index in [1.165, 1.54) is 0 Å². The number of rotatable bonds is 4. The summed E-state index contributed by atoms with van der Waals surface area (Å²) >= 11 is 0. The largest absolute Gasteiger partial charge is 0.384 e. The number of methoxy groups -OCH3 is 1. The first kappa shape index (κ1) is 8.23. The van der Waals surface area contributed by atoms with Crippen LogP contribution in [0.4, 0.5) is 0 Å². The second-order valence-electron chi connectivity index (χ2n) is 2.30. The quantitative estimate of drug-likeness (QED) is 0.646. The van der Waals surface area contributed by atoms with Crippen molar-refractivity contribution >= 4 is 0 Å². The second kappa shape index (κ2) is 4.10. The van der Waals surface area contributed by atoms with Crippen molar-refractivity contribution in [3.8, 4) is 0 Å². The number of hydrogen-bond donors (Lipinski definition) is 2. The molecule has 4 nitrogen and oxygen atoms in total. The van der Waals surface area contributed by atoms with E-state index in [9.17, 15) is 0 Å². The third-order valence-corrected chi connectivity index (χ3v) is 1.44. The van der Waals surface area contributed by atoms with Crippen molar-refractivity contribution in [2.45, 2.75) is 13.0 Å². The zero-order valence-electron chi connectivity index (χ0n) is 6.63. The minimum Gasteiger partial charge on any atom is -0.384 e. The first-order chi connectivity index (χ1) is 5.36. The summed E-state index contributed by atoms with van der Waals surface area (Å²) in [4.78, 5) is 7.19. The van der Waals surface area contributed by atoms with Crippen LogP contribution in [-0.4, -0.2) is 23.7 Å². The Hall–Kier alpha value is -0.870. The molecule has 1 rings (SSSR count). The van der Waals surface area contributed by atoms with Gasteiger partial charge in [-0.25, -0.2) is 4.98 Å². The molecule has 0 atom stereocenters. The summed E-state index contributed by atoms with van der Waals surface area (Å²) < 4.78 is 4.90. The van der Waals surface area contributed by atoms with Crippen LogP contribution in [0.25, 0.3) is 0 Å². The molecule has 0 radical (unpaired) electrons. The van der Waals surface area contributed by atoms with Crippen LogP contribution >= 0.6 is 0 Å². The van der Waals surface area contributed by atoms with Crippen LogP contribution < -0.4 is 5.73 Å². The van der Waals surface area contributed by atoms with E-state index in [0.717, 1.165) is 17.9 Å². The normalized spacial score (nSPS) is 10.4. The number of aromatic nitrogens is 2. The smallest absolute Gasteiger partial charge is 0.108 e. The van der Waals surface area contributed by atoms with Crippen LogP contribution in [-0.2, 0) is 17.7 Å². The fraction of sp³-hybridized carbons (Fsp3) is 0.571.